The molecule has 5 heteroatoms. The Kier molecular flexibility index (Phi) is 4.00. The second-order valence-electron chi connectivity index (χ2n) is 4.26. The summed E-state index contributed by atoms with van der Waals surface area (Å²) in [4.78, 5) is 11.8. The number of carbonyl (C=O) groups is 1. The molecule has 0 saturated heterocycles. The topological polar surface area (TPSA) is 81.9 Å². The summed E-state index contributed by atoms with van der Waals surface area (Å²) < 4.78 is 0. The molecule has 5 nitrogen and oxygen atoms in total. The smallest absolute Gasteiger partial charge is 0.271 e. The lowest BCUT2D eigenvalue weighted by molar-refractivity contribution is 0.0954. The molecule has 0 saturated carbocycles. The van der Waals surface area contributed by atoms with Crippen LogP contribution in [0.3, 0.4) is 0 Å². The van der Waals surface area contributed by atoms with Crippen molar-refractivity contribution in [1.29, 1.82) is 0 Å². The highest BCUT2D eigenvalue weighted by molar-refractivity contribution is 5.95. The van der Waals surface area contributed by atoms with Crippen LogP contribution in [-0.2, 0) is 0 Å². The lowest BCUT2D eigenvalue weighted by Crippen LogP contribution is -2.17. The molecule has 0 radical (unpaired) electrons. The van der Waals surface area contributed by atoms with Gasteiger partial charge in [-0.15, -0.1) is 0 Å². The third-order valence-corrected chi connectivity index (χ3v) is 2.80. The zero-order valence-electron chi connectivity index (χ0n) is 10.9. The molecule has 2 aromatic rings. The summed E-state index contributed by atoms with van der Waals surface area (Å²) in [5.41, 5.74) is 4.52. The third-order valence-electron chi connectivity index (χ3n) is 2.80. The molecule has 0 aliphatic carbocycles. The van der Waals surface area contributed by atoms with Crippen LogP contribution >= 0.6 is 0 Å². The van der Waals surface area contributed by atoms with Gasteiger partial charge in [-0.1, -0.05) is 24.3 Å². The van der Waals surface area contributed by atoms with Crippen LogP contribution in [0.25, 0.3) is 0 Å². The van der Waals surface area contributed by atoms with Gasteiger partial charge >= 0.3 is 0 Å². The first-order valence-electron chi connectivity index (χ1n) is 5.99. The highest BCUT2D eigenvalue weighted by atomic mass is 16.3. The molecule has 0 aliphatic rings. The molecule has 0 spiro atoms. The molecule has 0 heterocycles. The van der Waals surface area contributed by atoms with E-state index >= 15 is 0 Å². The number of hydrogen-bond donors (Lipinski definition) is 3. The first-order valence-corrected chi connectivity index (χ1v) is 5.99. The molecular weight excluding hydrogens is 256 g/mol. The predicted octanol–water partition coefficient (Wildman–Crippen LogP) is 2.17. The van der Waals surface area contributed by atoms with Crippen LogP contribution in [0.1, 0.15) is 21.5 Å². The van der Waals surface area contributed by atoms with E-state index < -0.39 is 5.91 Å². The van der Waals surface area contributed by atoms with E-state index in [1.54, 1.807) is 6.21 Å². The molecule has 2 aromatic carbocycles. The standard InChI is InChI=1S/C15H14N2O3/c1-10-4-2-3-5-12(10)9-16-17-15(20)11-6-7-13(18)14(19)8-11/h2-9,18-19H,1H3,(H,17,20)/b16-9-. The maximum absolute atomic E-state index is 11.8. The number of nitrogens with one attached hydrogen (secondary N) is 1. The number of hydrogen-bond acceptors (Lipinski definition) is 4. The van der Waals surface area contributed by atoms with Gasteiger partial charge in [-0.2, -0.15) is 5.10 Å². The average molecular weight is 270 g/mol. The Morgan fingerprint density at radius 2 is 1.90 bits per heavy atom. The van der Waals surface area contributed by atoms with E-state index in [1.165, 1.54) is 18.2 Å². The summed E-state index contributed by atoms with van der Waals surface area (Å²) in [6, 6.07) is 11.5. The number of hydrazone groups is 1. The minimum atomic E-state index is -0.467. The second-order valence-corrected chi connectivity index (χ2v) is 4.26. The van der Waals surface area contributed by atoms with Crippen LogP contribution in [0.15, 0.2) is 47.6 Å². The summed E-state index contributed by atoms with van der Waals surface area (Å²) in [5.74, 6) is -1.09. The zero-order valence-corrected chi connectivity index (χ0v) is 10.9. The molecule has 0 aliphatic heterocycles. The molecule has 0 bridgehead atoms. The number of phenols is 2. The Morgan fingerprint density at radius 3 is 2.60 bits per heavy atom. The lowest BCUT2D eigenvalue weighted by atomic mass is 10.1. The van der Waals surface area contributed by atoms with Gasteiger partial charge in [0.1, 0.15) is 0 Å². The molecule has 0 aromatic heterocycles. The van der Waals surface area contributed by atoms with Gasteiger partial charge in [-0.05, 0) is 36.2 Å². The SMILES string of the molecule is Cc1ccccc1/C=N\NC(=O)c1ccc(O)c(O)c1. The third kappa shape index (κ3) is 3.14. The minimum Gasteiger partial charge on any atom is -0.504 e. The molecule has 0 unspecified atom stereocenters. The Balaban J connectivity index is 2.05. The average Bonchev–Trinajstić information content (AvgIpc) is 2.44. The van der Waals surface area contributed by atoms with E-state index in [0.29, 0.717) is 0 Å². The van der Waals surface area contributed by atoms with E-state index in [0.717, 1.165) is 11.1 Å². The number of carbonyl (C=O) groups excluding carboxylic acids is 1. The first-order chi connectivity index (χ1) is 9.58. The number of benzene rings is 2. The van der Waals surface area contributed by atoms with Crippen molar-refractivity contribution in [3.8, 4) is 11.5 Å². The molecule has 0 atom stereocenters. The maximum Gasteiger partial charge on any atom is 0.271 e. The number of aromatic hydroxyl groups is 2. The van der Waals surface area contributed by atoms with Crippen LogP contribution in [0.5, 0.6) is 11.5 Å². The molecule has 20 heavy (non-hydrogen) atoms. The van der Waals surface area contributed by atoms with E-state index in [2.05, 4.69) is 10.5 Å². The van der Waals surface area contributed by atoms with Gasteiger partial charge in [0.25, 0.3) is 5.91 Å². The normalized spacial score (nSPS) is 10.7. The van der Waals surface area contributed by atoms with E-state index in [9.17, 15) is 9.90 Å². The van der Waals surface area contributed by atoms with Gasteiger partial charge in [-0.3, -0.25) is 4.79 Å². The summed E-state index contributed by atoms with van der Waals surface area (Å²) in [6.45, 7) is 1.95. The minimum absolute atomic E-state index is 0.210. The van der Waals surface area contributed by atoms with Crippen molar-refractivity contribution in [2.75, 3.05) is 0 Å². The molecule has 102 valence electrons. The van der Waals surface area contributed by atoms with Crippen LogP contribution in [0.4, 0.5) is 0 Å². The number of aryl methyl sites for hydroxylation is 1. The van der Waals surface area contributed by atoms with Crippen LogP contribution in [-0.4, -0.2) is 22.3 Å². The highest BCUT2D eigenvalue weighted by Crippen LogP contribution is 2.24. The Morgan fingerprint density at radius 1 is 1.15 bits per heavy atom. The zero-order chi connectivity index (χ0) is 14.5. The maximum atomic E-state index is 11.8. The molecular formula is C15H14N2O3. The second kappa shape index (κ2) is 5.88. The van der Waals surface area contributed by atoms with Gasteiger partial charge in [0.2, 0.25) is 0 Å². The number of nitrogens with zero attached hydrogens (tertiary/aromatic N) is 1. The lowest BCUT2D eigenvalue weighted by Gasteiger charge is -2.02. The predicted molar refractivity (Wildman–Crippen MR) is 76.0 cm³/mol. The van der Waals surface area contributed by atoms with Crippen molar-refractivity contribution in [2.45, 2.75) is 6.92 Å². The largest absolute Gasteiger partial charge is 0.504 e. The molecule has 1 amide bonds. The van der Waals surface area contributed by atoms with Crippen molar-refractivity contribution in [3.05, 3.63) is 59.2 Å². The van der Waals surface area contributed by atoms with Crippen molar-refractivity contribution in [2.24, 2.45) is 5.10 Å². The van der Waals surface area contributed by atoms with Gasteiger partial charge in [0, 0.05) is 5.56 Å². The van der Waals surface area contributed by atoms with Gasteiger partial charge in [-0.25, -0.2) is 5.43 Å². The van der Waals surface area contributed by atoms with Crippen LogP contribution < -0.4 is 5.43 Å². The van der Waals surface area contributed by atoms with Crippen molar-refractivity contribution >= 4 is 12.1 Å². The van der Waals surface area contributed by atoms with Crippen LogP contribution in [0, 0.1) is 6.92 Å². The number of amides is 1. The van der Waals surface area contributed by atoms with Crippen molar-refractivity contribution in [1.82, 2.24) is 5.43 Å². The summed E-state index contributed by atoms with van der Waals surface area (Å²) in [6.07, 6.45) is 1.55. The van der Waals surface area contributed by atoms with E-state index in [1.807, 2.05) is 31.2 Å². The Hall–Kier alpha value is -2.82. The fraction of sp³-hybridized carbons (Fsp3) is 0.0667. The van der Waals surface area contributed by atoms with Gasteiger partial charge in [0.15, 0.2) is 11.5 Å². The monoisotopic (exact) mass is 270 g/mol. The number of phenolic OH excluding ortho intramolecular Hbond substituents is 2. The Bertz CT molecular complexity index is 666. The van der Waals surface area contributed by atoms with E-state index in [-0.39, 0.29) is 17.1 Å². The van der Waals surface area contributed by atoms with E-state index in [4.69, 9.17) is 5.11 Å². The molecule has 2 rings (SSSR count). The molecule has 3 N–H and O–H groups in total. The van der Waals surface area contributed by atoms with Crippen molar-refractivity contribution < 1.29 is 15.0 Å². The van der Waals surface area contributed by atoms with Crippen molar-refractivity contribution in [3.63, 3.8) is 0 Å². The quantitative estimate of drug-likeness (QED) is 0.454. The summed E-state index contributed by atoms with van der Waals surface area (Å²) in [5, 5.41) is 22.4. The number of rotatable bonds is 3. The first kappa shape index (κ1) is 13.6. The van der Waals surface area contributed by atoms with Gasteiger partial charge < -0.3 is 10.2 Å². The van der Waals surface area contributed by atoms with Gasteiger partial charge in [0.05, 0.1) is 6.21 Å². The fourth-order valence-corrected chi connectivity index (χ4v) is 1.62. The Labute approximate surface area is 116 Å². The highest BCUT2D eigenvalue weighted by Gasteiger charge is 2.07. The van der Waals surface area contributed by atoms with Crippen LogP contribution in [0.2, 0.25) is 0 Å². The summed E-state index contributed by atoms with van der Waals surface area (Å²) in [7, 11) is 0. The fourth-order valence-electron chi connectivity index (χ4n) is 1.62. The summed E-state index contributed by atoms with van der Waals surface area (Å²) >= 11 is 0. The molecule has 0 fully saturated rings.